The molecule has 1 aromatic rings. The molecule has 0 saturated carbocycles. The first-order valence-electron chi connectivity index (χ1n) is 14.5. The number of nitrogens with zero attached hydrogens (tertiary/aromatic N) is 2. The van der Waals surface area contributed by atoms with Crippen molar-refractivity contribution >= 4 is 8.38 Å². The van der Waals surface area contributed by atoms with Crippen molar-refractivity contribution in [2.24, 2.45) is 0 Å². The Morgan fingerprint density at radius 1 is 0.600 bits per heavy atom. The minimum atomic E-state index is -1.02. The van der Waals surface area contributed by atoms with E-state index in [4.69, 9.17) is 9.05 Å². The molecule has 35 heavy (non-hydrogen) atoms. The zero-order chi connectivity index (χ0) is 25.6. The summed E-state index contributed by atoms with van der Waals surface area (Å²) >= 11 is 0. The maximum absolute atomic E-state index is 6.33. The molecule has 0 aliphatic rings. The Labute approximate surface area is 220 Å². The van der Waals surface area contributed by atoms with E-state index in [9.17, 15) is 0 Å². The van der Waals surface area contributed by atoms with Gasteiger partial charge in [0.2, 0.25) is 8.38 Å². The molecule has 0 bridgehead atoms. The SMILES string of the molecule is CCCCCCCCCCCCCCCCCCOP(OCc1ccccc1)C(N(C)C)N(C)C. The predicted molar refractivity (Wildman–Crippen MR) is 155 cm³/mol. The number of hydrogen-bond donors (Lipinski definition) is 0. The monoisotopic (exact) mass is 508 g/mol. The van der Waals surface area contributed by atoms with Gasteiger partial charge in [-0.25, -0.2) is 0 Å². The minimum absolute atomic E-state index is 0.148. The number of hydrogen-bond acceptors (Lipinski definition) is 4. The van der Waals surface area contributed by atoms with Crippen molar-refractivity contribution in [2.75, 3.05) is 34.8 Å². The van der Waals surface area contributed by atoms with Gasteiger partial charge >= 0.3 is 0 Å². The van der Waals surface area contributed by atoms with Gasteiger partial charge in [-0.15, -0.1) is 0 Å². The highest BCUT2D eigenvalue weighted by Crippen LogP contribution is 2.46. The summed E-state index contributed by atoms with van der Waals surface area (Å²) in [4.78, 5) is 4.40. The Bertz CT molecular complexity index is 563. The molecule has 0 radical (unpaired) electrons. The van der Waals surface area contributed by atoms with E-state index in [1.807, 2.05) is 6.07 Å². The summed E-state index contributed by atoms with van der Waals surface area (Å²) in [6.45, 7) is 3.68. The average Bonchev–Trinajstić information content (AvgIpc) is 2.84. The quantitative estimate of drug-likeness (QED) is 0.0789. The molecule has 0 aliphatic heterocycles. The fourth-order valence-electron chi connectivity index (χ4n) is 4.53. The van der Waals surface area contributed by atoms with E-state index in [1.54, 1.807) is 0 Å². The molecule has 0 saturated heterocycles. The zero-order valence-electron chi connectivity index (χ0n) is 23.9. The molecule has 1 rings (SSSR count). The van der Waals surface area contributed by atoms with Crippen molar-refractivity contribution < 1.29 is 9.05 Å². The van der Waals surface area contributed by atoms with E-state index < -0.39 is 8.38 Å². The van der Waals surface area contributed by atoms with E-state index in [0.717, 1.165) is 13.0 Å². The van der Waals surface area contributed by atoms with Crippen LogP contribution in [0, 0.1) is 0 Å². The lowest BCUT2D eigenvalue weighted by Crippen LogP contribution is -2.39. The summed E-state index contributed by atoms with van der Waals surface area (Å²) in [5, 5.41) is 0. The van der Waals surface area contributed by atoms with Crippen LogP contribution in [0.15, 0.2) is 30.3 Å². The number of rotatable bonds is 24. The third-order valence-electron chi connectivity index (χ3n) is 6.53. The summed E-state index contributed by atoms with van der Waals surface area (Å²) in [5.41, 5.74) is 1.20. The van der Waals surface area contributed by atoms with Crippen molar-refractivity contribution in [3.63, 3.8) is 0 Å². The summed E-state index contributed by atoms with van der Waals surface area (Å²) in [6.07, 6.45) is 22.2. The second-order valence-corrected chi connectivity index (χ2v) is 12.0. The normalized spacial score (nSPS) is 12.8. The Morgan fingerprint density at radius 2 is 1.03 bits per heavy atom. The molecular weight excluding hydrogens is 451 g/mol. The molecule has 4 nitrogen and oxygen atoms in total. The van der Waals surface area contributed by atoms with Gasteiger partial charge in [0.25, 0.3) is 0 Å². The van der Waals surface area contributed by atoms with Crippen molar-refractivity contribution in [1.29, 1.82) is 0 Å². The molecule has 204 valence electrons. The van der Waals surface area contributed by atoms with Crippen molar-refractivity contribution in [1.82, 2.24) is 9.80 Å². The van der Waals surface area contributed by atoms with Gasteiger partial charge in [-0.05, 0) is 40.2 Å². The lowest BCUT2D eigenvalue weighted by Gasteiger charge is -2.35. The first-order chi connectivity index (χ1) is 17.1. The second kappa shape index (κ2) is 22.7. The van der Waals surface area contributed by atoms with Crippen LogP contribution >= 0.6 is 8.38 Å². The molecule has 0 heterocycles. The summed E-state index contributed by atoms with van der Waals surface area (Å²) in [5.74, 6) is 0.148. The first kappa shape index (κ1) is 32.5. The average molecular weight is 509 g/mol. The standard InChI is InChI=1S/C30H57N2O2P/c1-6-7-8-9-10-11-12-13-14-15-16-17-18-19-20-24-27-33-35(30(31(2)3)32(4)5)34-28-29-25-22-21-23-26-29/h21-23,25-26,30H,6-20,24,27-28H2,1-5H3. The Morgan fingerprint density at radius 3 is 1.46 bits per heavy atom. The van der Waals surface area contributed by atoms with Crippen molar-refractivity contribution in [3.05, 3.63) is 35.9 Å². The topological polar surface area (TPSA) is 24.9 Å². The van der Waals surface area contributed by atoms with Gasteiger partial charge in [0.15, 0.2) is 0 Å². The molecular formula is C30H57N2O2P. The van der Waals surface area contributed by atoms with Crippen LogP contribution in [0.5, 0.6) is 0 Å². The van der Waals surface area contributed by atoms with Crippen molar-refractivity contribution in [3.8, 4) is 0 Å². The molecule has 0 fully saturated rings. The van der Waals surface area contributed by atoms with E-state index in [0.29, 0.717) is 6.61 Å². The molecule has 5 heteroatoms. The van der Waals surface area contributed by atoms with Gasteiger partial charge in [0.1, 0.15) is 5.91 Å². The number of benzene rings is 1. The molecule has 1 unspecified atom stereocenters. The summed E-state index contributed by atoms with van der Waals surface area (Å²) in [6, 6.07) is 10.4. The fraction of sp³-hybridized carbons (Fsp3) is 0.800. The minimum Gasteiger partial charge on any atom is -0.332 e. The lowest BCUT2D eigenvalue weighted by atomic mass is 10.0. The van der Waals surface area contributed by atoms with Crippen LogP contribution in [0.2, 0.25) is 0 Å². The highest BCUT2D eigenvalue weighted by molar-refractivity contribution is 7.47. The van der Waals surface area contributed by atoms with Crippen LogP contribution in [-0.2, 0) is 15.7 Å². The first-order valence-corrected chi connectivity index (χ1v) is 15.7. The second-order valence-electron chi connectivity index (χ2n) is 10.5. The summed E-state index contributed by atoms with van der Waals surface area (Å²) < 4.78 is 12.6. The molecule has 1 aromatic carbocycles. The van der Waals surface area contributed by atoms with Gasteiger partial charge in [0, 0.05) is 0 Å². The molecule has 0 aromatic heterocycles. The molecule has 1 atom stereocenters. The van der Waals surface area contributed by atoms with Crippen molar-refractivity contribution in [2.45, 2.75) is 122 Å². The van der Waals surface area contributed by atoms with E-state index >= 15 is 0 Å². The smallest absolute Gasteiger partial charge is 0.205 e. The Balaban J connectivity index is 2.08. The van der Waals surface area contributed by atoms with E-state index in [1.165, 1.54) is 102 Å². The van der Waals surface area contributed by atoms with E-state index in [-0.39, 0.29) is 5.91 Å². The van der Waals surface area contributed by atoms with Crippen LogP contribution in [0.25, 0.3) is 0 Å². The maximum atomic E-state index is 6.33. The highest BCUT2D eigenvalue weighted by Gasteiger charge is 2.28. The predicted octanol–water partition coefficient (Wildman–Crippen LogP) is 9.20. The molecule has 0 N–H and O–H groups in total. The third-order valence-corrected chi connectivity index (χ3v) is 8.65. The number of unbranched alkanes of at least 4 members (excludes halogenated alkanes) is 15. The molecule has 0 amide bonds. The Kier molecular flexibility index (Phi) is 21.1. The molecule has 0 aliphatic carbocycles. The van der Waals surface area contributed by atoms with Gasteiger partial charge < -0.3 is 9.05 Å². The van der Waals surface area contributed by atoms with Crippen LogP contribution in [0.3, 0.4) is 0 Å². The highest BCUT2D eigenvalue weighted by atomic mass is 31.2. The van der Waals surface area contributed by atoms with Crippen LogP contribution in [0.4, 0.5) is 0 Å². The Hall–Kier alpha value is -0.510. The summed E-state index contributed by atoms with van der Waals surface area (Å²) in [7, 11) is 7.39. The van der Waals surface area contributed by atoms with E-state index in [2.05, 4.69) is 69.2 Å². The van der Waals surface area contributed by atoms with Crippen LogP contribution in [0.1, 0.15) is 115 Å². The largest absolute Gasteiger partial charge is 0.332 e. The van der Waals surface area contributed by atoms with Gasteiger partial charge in [0.05, 0.1) is 13.2 Å². The van der Waals surface area contributed by atoms with Gasteiger partial charge in [-0.3, -0.25) is 9.80 Å². The fourth-order valence-corrected chi connectivity index (χ4v) is 6.21. The molecule has 0 spiro atoms. The zero-order valence-corrected chi connectivity index (χ0v) is 24.7. The van der Waals surface area contributed by atoms with Gasteiger partial charge in [-0.2, -0.15) is 0 Å². The third kappa shape index (κ3) is 17.6. The lowest BCUT2D eigenvalue weighted by molar-refractivity contribution is 0.145. The van der Waals surface area contributed by atoms with Crippen LogP contribution in [-0.4, -0.2) is 50.5 Å². The van der Waals surface area contributed by atoms with Crippen LogP contribution < -0.4 is 0 Å². The maximum Gasteiger partial charge on any atom is 0.205 e. The van der Waals surface area contributed by atoms with Gasteiger partial charge in [-0.1, -0.05) is 134 Å².